The van der Waals surface area contributed by atoms with Crippen molar-refractivity contribution in [2.45, 2.75) is 0 Å². The molecular weight excluding hydrogens is 204 g/mol. The minimum atomic E-state index is -1.05. The van der Waals surface area contributed by atoms with Gasteiger partial charge in [0.15, 0.2) is 0 Å². The van der Waals surface area contributed by atoms with Gasteiger partial charge in [0.05, 0.1) is 6.54 Å². The van der Waals surface area contributed by atoms with Crippen LogP contribution in [0.2, 0.25) is 0 Å². The van der Waals surface area contributed by atoms with Crippen molar-refractivity contribution in [2.75, 3.05) is 18.0 Å². The van der Waals surface area contributed by atoms with Gasteiger partial charge in [0.1, 0.15) is 5.69 Å². The van der Waals surface area contributed by atoms with E-state index in [4.69, 9.17) is 11.5 Å². The number of anilines is 1. The van der Waals surface area contributed by atoms with Crippen molar-refractivity contribution in [3.05, 3.63) is 36.7 Å². The first-order chi connectivity index (χ1) is 7.69. The van der Waals surface area contributed by atoms with Crippen LogP contribution in [0.1, 0.15) is 10.5 Å². The molecule has 1 rings (SSSR count). The van der Waals surface area contributed by atoms with Crippen LogP contribution in [0.25, 0.3) is 0 Å². The zero-order chi connectivity index (χ0) is 12.0. The molecule has 4 nitrogen and oxygen atoms in total. The highest BCUT2D eigenvalue weighted by molar-refractivity contribution is 5.86. The Balaban J connectivity index is 3.00. The second-order valence-corrected chi connectivity index (χ2v) is 3.08. The minimum Gasteiger partial charge on any atom is -0.477 e. The van der Waals surface area contributed by atoms with E-state index in [1.165, 1.54) is 12.3 Å². The van der Waals surface area contributed by atoms with Gasteiger partial charge in [-0.05, 0) is 12.1 Å². The average molecular weight is 216 g/mol. The molecule has 0 saturated carbocycles. The fraction of sp³-hybridized carbons (Fsp3) is 0.167. The summed E-state index contributed by atoms with van der Waals surface area (Å²) in [5.74, 6) is 1.46. The Morgan fingerprint density at radius 1 is 1.75 bits per heavy atom. The van der Waals surface area contributed by atoms with E-state index in [0.717, 1.165) is 5.69 Å². The maximum atomic E-state index is 10.7. The number of carboxylic acids is 1. The second-order valence-electron chi connectivity index (χ2n) is 3.08. The highest BCUT2D eigenvalue weighted by Gasteiger charge is 2.08. The van der Waals surface area contributed by atoms with Gasteiger partial charge in [0.2, 0.25) is 0 Å². The lowest BCUT2D eigenvalue weighted by molar-refractivity contribution is 0.0690. The van der Waals surface area contributed by atoms with Gasteiger partial charge in [0.25, 0.3) is 0 Å². The Morgan fingerprint density at radius 2 is 2.50 bits per heavy atom. The Labute approximate surface area is 94.2 Å². The number of hydrogen-bond donors (Lipinski definition) is 1. The molecule has 4 heteroatoms. The third kappa shape index (κ3) is 2.85. The maximum absolute atomic E-state index is 10.7. The standard InChI is InChI=1S/C12H12N2O2/c1-3-7-14(8-4-2)10-5-6-13-11(9-10)12(15)16/h1,4-6,9H,2,7-8H2,(H,15,16). The first-order valence-corrected chi connectivity index (χ1v) is 4.67. The Morgan fingerprint density at radius 3 is 3.06 bits per heavy atom. The van der Waals surface area contributed by atoms with Crippen LogP contribution in [-0.4, -0.2) is 29.1 Å². The summed E-state index contributed by atoms with van der Waals surface area (Å²) < 4.78 is 0. The number of aromatic carboxylic acids is 1. The van der Waals surface area contributed by atoms with Crippen LogP contribution in [-0.2, 0) is 0 Å². The van der Waals surface area contributed by atoms with Gasteiger partial charge in [-0.2, -0.15) is 0 Å². The quantitative estimate of drug-likeness (QED) is 0.597. The first kappa shape index (κ1) is 11.8. The lowest BCUT2D eigenvalue weighted by Gasteiger charge is -2.20. The number of hydrogen-bond acceptors (Lipinski definition) is 3. The molecule has 1 aromatic heterocycles. The predicted molar refractivity (Wildman–Crippen MR) is 62.4 cm³/mol. The fourth-order valence-electron chi connectivity index (χ4n) is 1.26. The van der Waals surface area contributed by atoms with E-state index in [2.05, 4.69) is 17.5 Å². The number of nitrogens with zero attached hydrogens (tertiary/aromatic N) is 2. The molecule has 0 unspecified atom stereocenters. The molecule has 0 aliphatic heterocycles. The van der Waals surface area contributed by atoms with Crippen LogP contribution in [0.3, 0.4) is 0 Å². The van der Waals surface area contributed by atoms with Gasteiger partial charge in [-0.15, -0.1) is 13.0 Å². The van der Waals surface area contributed by atoms with Crippen molar-refractivity contribution in [1.29, 1.82) is 0 Å². The number of pyridine rings is 1. The summed E-state index contributed by atoms with van der Waals surface area (Å²) in [6, 6.07) is 3.20. The van der Waals surface area contributed by atoms with Crippen LogP contribution < -0.4 is 4.90 Å². The third-order valence-electron chi connectivity index (χ3n) is 1.96. The number of carboxylic acid groups (broad SMARTS) is 1. The van der Waals surface area contributed by atoms with Crippen molar-refractivity contribution < 1.29 is 9.90 Å². The molecule has 0 amide bonds. The van der Waals surface area contributed by atoms with E-state index in [0.29, 0.717) is 13.1 Å². The van der Waals surface area contributed by atoms with Gasteiger partial charge in [-0.25, -0.2) is 9.78 Å². The SMILES string of the molecule is C#CCN(CC=C)c1ccnc(C(=O)O)c1. The maximum Gasteiger partial charge on any atom is 0.354 e. The van der Waals surface area contributed by atoms with Crippen molar-refractivity contribution in [2.24, 2.45) is 0 Å². The summed E-state index contributed by atoms with van der Waals surface area (Å²) in [7, 11) is 0. The molecule has 16 heavy (non-hydrogen) atoms. The lowest BCUT2D eigenvalue weighted by atomic mass is 10.3. The molecule has 0 aliphatic rings. The molecule has 0 fully saturated rings. The molecule has 0 aromatic carbocycles. The molecular formula is C12H12N2O2. The first-order valence-electron chi connectivity index (χ1n) is 4.67. The average Bonchev–Trinajstić information content (AvgIpc) is 2.29. The monoisotopic (exact) mass is 216 g/mol. The van der Waals surface area contributed by atoms with E-state index in [-0.39, 0.29) is 5.69 Å². The molecule has 0 saturated heterocycles. The Kier molecular flexibility index (Phi) is 4.10. The summed E-state index contributed by atoms with van der Waals surface area (Å²) in [4.78, 5) is 16.3. The summed E-state index contributed by atoms with van der Waals surface area (Å²) in [6.45, 7) is 4.58. The minimum absolute atomic E-state index is 0.00332. The molecule has 0 bridgehead atoms. The largest absolute Gasteiger partial charge is 0.477 e. The van der Waals surface area contributed by atoms with Crippen LogP contribution in [0, 0.1) is 12.3 Å². The third-order valence-corrected chi connectivity index (χ3v) is 1.96. The van der Waals surface area contributed by atoms with Gasteiger partial charge in [-0.3, -0.25) is 0 Å². The highest BCUT2D eigenvalue weighted by Crippen LogP contribution is 2.14. The number of rotatable bonds is 5. The molecule has 1 aromatic rings. The van der Waals surface area contributed by atoms with Gasteiger partial charge >= 0.3 is 5.97 Å². The van der Waals surface area contributed by atoms with Crippen LogP contribution >= 0.6 is 0 Å². The van der Waals surface area contributed by atoms with Gasteiger partial charge in [-0.1, -0.05) is 12.0 Å². The fourth-order valence-corrected chi connectivity index (χ4v) is 1.26. The van der Waals surface area contributed by atoms with E-state index < -0.39 is 5.97 Å². The van der Waals surface area contributed by atoms with Crippen molar-refractivity contribution >= 4 is 11.7 Å². The van der Waals surface area contributed by atoms with Gasteiger partial charge < -0.3 is 10.0 Å². The zero-order valence-corrected chi connectivity index (χ0v) is 8.76. The van der Waals surface area contributed by atoms with E-state index in [1.54, 1.807) is 12.1 Å². The van der Waals surface area contributed by atoms with E-state index >= 15 is 0 Å². The van der Waals surface area contributed by atoms with Crippen molar-refractivity contribution in [3.8, 4) is 12.3 Å². The smallest absolute Gasteiger partial charge is 0.354 e. The van der Waals surface area contributed by atoms with E-state index in [9.17, 15) is 4.79 Å². The summed E-state index contributed by atoms with van der Waals surface area (Å²) in [5, 5.41) is 8.81. The van der Waals surface area contributed by atoms with Crippen LogP contribution in [0.5, 0.6) is 0 Å². The predicted octanol–water partition coefficient (Wildman–Crippen LogP) is 1.41. The van der Waals surface area contributed by atoms with E-state index in [1.807, 2.05) is 4.90 Å². The molecule has 82 valence electrons. The summed E-state index contributed by atoms with van der Waals surface area (Å²) >= 11 is 0. The van der Waals surface area contributed by atoms with Crippen molar-refractivity contribution in [1.82, 2.24) is 4.98 Å². The van der Waals surface area contributed by atoms with Gasteiger partial charge in [0, 0.05) is 18.4 Å². The number of aromatic nitrogens is 1. The number of carbonyl (C=O) groups is 1. The summed E-state index contributed by atoms with van der Waals surface area (Å²) in [6.07, 6.45) is 8.39. The highest BCUT2D eigenvalue weighted by atomic mass is 16.4. The normalized spacial score (nSPS) is 9.19. The van der Waals surface area contributed by atoms with Crippen LogP contribution in [0.4, 0.5) is 5.69 Å². The molecule has 0 atom stereocenters. The molecule has 1 heterocycles. The lowest BCUT2D eigenvalue weighted by Crippen LogP contribution is -2.23. The van der Waals surface area contributed by atoms with Crippen molar-refractivity contribution in [3.63, 3.8) is 0 Å². The Hall–Kier alpha value is -2.28. The molecule has 0 radical (unpaired) electrons. The Bertz CT molecular complexity index is 435. The molecule has 1 N–H and O–H groups in total. The zero-order valence-electron chi connectivity index (χ0n) is 8.76. The number of terminal acetylenes is 1. The topological polar surface area (TPSA) is 53.4 Å². The summed E-state index contributed by atoms with van der Waals surface area (Å²) in [5.41, 5.74) is 0.730. The second kappa shape index (κ2) is 5.56. The molecule has 0 aliphatic carbocycles. The molecule has 0 spiro atoms. The van der Waals surface area contributed by atoms with Crippen LogP contribution in [0.15, 0.2) is 31.0 Å².